The van der Waals surface area contributed by atoms with Crippen molar-refractivity contribution in [2.24, 2.45) is 0 Å². The zero-order chi connectivity index (χ0) is 15.6. The van der Waals surface area contributed by atoms with Crippen LogP contribution in [0.4, 0.5) is 5.69 Å². The second-order valence-electron chi connectivity index (χ2n) is 6.46. The number of amides is 1. The van der Waals surface area contributed by atoms with E-state index in [1.165, 1.54) is 5.56 Å². The summed E-state index contributed by atoms with van der Waals surface area (Å²) >= 11 is 0. The maximum absolute atomic E-state index is 12.1. The van der Waals surface area contributed by atoms with Crippen molar-refractivity contribution in [3.63, 3.8) is 0 Å². The maximum Gasteiger partial charge on any atom is 0.246 e. The van der Waals surface area contributed by atoms with Crippen molar-refractivity contribution in [2.75, 3.05) is 5.32 Å². The van der Waals surface area contributed by atoms with Crippen molar-refractivity contribution < 1.29 is 4.79 Å². The van der Waals surface area contributed by atoms with E-state index < -0.39 is 0 Å². The second kappa shape index (κ2) is 5.72. The predicted octanol–water partition coefficient (Wildman–Crippen LogP) is 3.44. The van der Waals surface area contributed by atoms with Gasteiger partial charge in [0, 0.05) is 11.4 Å². The van der Waals surface area contributed by atoms with E-state index in [0.717, 1.165) is 17.1 Å². The Labute approximate surface area is 126 Å². The summed E-state index contributed by atoms with van der Waals surface area (Å²) in [6.07, 6.45) is 0. The Bertz CT molecular complexity index is 633. The van der Waals surface area contributed by atoms with Crippen molar-refractivity contribution in [2.45, 2.75) is 46.6 Å². The molecule has 21 heavy (non-hydrogen) atoms. The van der Waals surface area contributed by atoms with Gasteiger partial charge in [0.05, 0.1) is 5.69 Å². The number of hydrogen-bond donors (Lipinski definition) is 1. The number of hydrogen-bond acceptors (Lipinski definition) is 2. The second-order valence-corrected chi connectivity index (χ2v) is 6.46. The van der Waals surface area contributed by atoms with Gasteiger partial charge in [-0.3, -0.25) is 9.48 Å². The fourth-order valence-electron chi connectivity index (χ4n) is 2.23. The van der Waals surface area contributed by atoms with Crippen LogP contribution in [0.15, 0.2) is 30.3 Å². The molecule has 0 fully saturated rings. The largest absolute Gasteiger partial charge is 0.324 e. The summed E-state index contributed by atoms with van der Waals surface area (Å²) in [5.41, 5.74) is 4.10. The summed E-state index contributed by atoms with van der Waals surface area (Å²) < 4.78 is 1.72. The highest BCUT2D eigenvalue weighted by atomic mass is 16.2. The van der Waals surface area contributed by atoms with Gasteiger partial charge in [0.15, 0.2) is 0 Å². The third-order valence-electron chi connectivity index (χ3n) is 3.43. The van der Waals surface area contributed by atoms with Gasteiger partial charge in [-0.25, -0.2) is 0 Å². The zero-order valence-electron chi connectivity index (χ0n) is 13.4. The van der Waals surface area contributed by atoms with Crippen LogP contribution < -0.4 is 5.32 Å². The van der Waals surface area contributed by atoms with Crippen molar-refractivity contribution in [3.8, 4) is 0 Å². The highest BCUT2D eigenvalue weighted by molar-refractivity contribution is 5.90. The number of nitrogens with zero attached hydrogens (tertiary/aromatic N) is 2. The standard InChI is InChI=1S/C17H23N3O/c1-12-10-13(2)20(19-12)11-16(21)18-15-8-6-14(7-9-15)17(3,4)5/h6-10H,11H2,1-5H3,(H,18,21). The van der Waals surface area contributed by atoms with Crippen LogP contribution in [0.1, 0.15) is 37.7 Å². The van der Waals surface area contributed by atoms with Crippen molar-refractivity contribution in [1.29, 1.82) is 0 Å². The molecule has 1 amide bonds. The van der Waals surface area contributed by atoms with E-state index in [-0.39, 0.29) is 17.9 Å². The lowest BCUT2D eigenvalue weighted by atomic mass is 9.87. The molecule has 0 aliphatic carbocycles. The number of carbonyl (C=O) groups excluding carboxylic acids is 1. The number of aromatic nitrogens is 2. The maximum atomic E-state index is 12.1. The number of anilines is 1. The normalized spacial score (nSPS) is 11.5. The molecule has 1 aromatic heterocycles. The molecular formula is C17H23N3O. The van der Waals surface area contributed by atoms with E-state index in [1.807, 2.05) is 32.0 Å². The first kappa shape index (κ1) is 15.3. The van der Waals surface area contributed by atoms with Crippen molar-refractivity contribution >= 4 is 11.6 Å². The third kappa shape index (κ3) is 3.94. The number of rotatable bonds is 3. The van der Waals surface area contributed by atoms with Gasteiger partial charge >= 0.3 is 0 Å². The Morgan fingerprint density at radius 2 is 1.81 bits per heavy atom. The lowest BCUT2D eigenvalue weighted by Gasteiger charge is -2.19. The molecule has 0 aliphatic rings. The van der Waals surface area contributed by atoms with Gasteiger partial charge < -0.3 is 5.32 Å². The molecule has 0 saturated carbocycles. The van der Waals surface area contributed by atoms with Crippen molar-refractivity contribution in [1.82, 2.24) is 9.78 Å². The lowest BCUT2D eigenvalue weighted by molar-refractivity contribution is -0.116. The third-order valence-corrected chi connectivity index (χ3v) is 3.43. The van der Waals surface area contributed by atoms with E-state index in [0.29, 0.717) is 0 Å². The molecule has 112 valence electrons. The van der Waals surface area contributed by atoms with Gasteiger partial charge in [-0.15, -0.1) is 0 Å². The zero-order valence-corrected chi connectivity index (χ0v) is 13.4. The molecule has 1 N–H and O–H groups in total. The van der Waals surface area contributed by atoms with Gasteiger partial charge in [-0.1, -0.05) is 32.9 Å². The van der Waals surface area contributed by atoms with E-state index in [9.17, 15) is 4.79 Å². The fourth-order valence-corrected chi connectivity index (χ4v) is 2.23. The monoisotopic (exact) mass is 285 g/mol. The summed E-state index contributed by atoms with van der Waals surface area (Å²) in [5.74, 6) is -0.0651. The molecular weight excluding hydrogens is 262 g/mol. The van der Waals surface area contributed by atoms with Crippen LogP contribution in [0.5, 0.6) is 0 Å². The molecule has 2 aromatic rings. The number of aryl methyl sites for hydroxylation is 2. The molecule has 0 bridgehead atoms. The molecule has 0 spiro atoms. The van der Waals surface area contributed by atoms with Gasteiger partial charge in [0.2, 0.25) is 5.91 Å². The number of carbonyl (C=O) groups is 1. The number of nitrogens with one attached hydrogen (secondary N) is 1. The van der Waals surface area contributed by atoms with Crippen LogP contribution >= 0.6 is 0 Å². The summed E-state index contributed by atoms with van der Waals surface area (Å²) in [6.45, 7) is 10.6. The molecule has 1 aromatic carbocycles. The SMILES string of the molecule is Cc1cc(C)n(CC(=O)Nc2ccc(C(C)(C)C)cc2)n1. The van der Waals surface area contributed by atoms with E-state index in [4.69, 9.17) is 0 Å². The molecule has 0 unspecified atom stereocenters. The Hall–Kier alpha value is -2.10. The van der Waals surface area contributed by atoms with Crippen LogP contribution in [0.2, 0.25) is 0 Å². The topological polar surface area (TPSA) is 46.9 Å². The van der Waals surface area contributed by atoms with Crippen LogP contribution in [-0.4, -0.2) is 15.7 Å². The van der Waals surface area contributed by atoms with Crippen molar-refractivity contribution in [3.05, 3.63) is 47.3 Å². The summed E-state index contributed by atoms with van der Waals surface area (Å²) in [4.78, 5) is 12.1. The summed E-state index contributed by atoms with van der Waals surface area (Å²) in [5, 5.41) is 7.20. The molecule has 0 saturated heterocycles. The molecule has 4 nitrogen and oxygen atoms in total. The van der Waals surface area contributed by atoms with E-state index in [1.54, 1.807) is 4.68 Å². The molecule has 0 radical (unpaired) electrons. The van der Waals surface area contributed by atoms with E-state index in [2.05, 4.69) is 43.3 Å². The average Bonchev–Trinajstić information content (AvgIpc) is 2.67. The first-order valence-electron chi connectivity index (χ1n) is 7.17. The average molecular weight is 285 g/mol. The molecule has 1 heterocycles. The first-order valence-corrected chi connectivity index (χ1v) is 7.17. The minimum absolute atomic E-state index is 0.0651. The Morgan fingerprint density at radius 3 is 2.29 bits per heavy atom. The van der Waals surface area contributed by atoms with Crippen LogP contribution in [0.3, 0.4) is 0 Å². The van der Waals surface area contributed by atoms with E-state index >= 15 is 0 Å². The van der Waals surface area contributed by atoms with Gasteiger partial charge in [-0.05, 0) is 43.0 Å². The highest BCUT2D eigenvalue weighted by Crippen LogP contribution is 2.23. The Balaban J connectivity index is 2.01. The van der Waals surface area contributed by atoms with Crippen LogP contribution in [-0.2, 0) is 16.8 Å². The van der Waals surface area contributed by atoms with Crippen LogP contribution in [0.25, 0.3) is 0 Å². The summed E-state index contributed by atoms with van der Waals surface area (Å²) in [6, 6.07) is 9.96. The predicted molar refractivity (Wildman–Crippen MR) is 85.5 cm³/mol. The van der Waals surface area contributed by atoms with Gasteiger partial charge in [0.25, 0.3) is 0 Å². The number of benzene rings is 1. The smallest absolute Gasteiger partial charge is 0.246 e. The molecule has 0 aliphatic heterocycles. The van der Waals surface area contributed by atoms with Gasteiger partial charge in [0.1, 0.15) is 6.54 Å². The highest BCUT2D eigenvalue weighted by Gasteiger charge is 2.13. The molecule has 4 heteroatoms. The van der Waals surface area contributed by atoms with Gasteiger partial charge in [-0.2, -0.15) is 5.10 Å². The summed E-state index contributed by atoms with van der Waals surface area (Å²) in [7, 11) is 0. The molecule has 2 rings (SSSR count). The minimum atomic E-state index is -0.0651. The Kier molecular flexibility index (Phi) is 4.16. The first-order chi connectivity index (χ1) is 9.75. The lowest BCUT2D eigenvalue weighted by Crippen LogP contribution is -2.20. The fraction of sp³-hybridized carbons (Fsp3) is 0.412. The quantitative estimate of drug-likeness (QED) is 0.939. The van der Waals surface area contributed by atoms with Crippen LogP contribution in [0, 0.1) is 13.8 Å². The molecule has 0 atom stereocenters. The Morgan fingerprint density at radius 1 is 1.19 bits per heavy atom. The minimum Gasteiger partial charge on any atom is -0.324 e.